The molecule has 1 aromatic carbocycles. The van der Waals surface area contributed by atoms with Crippen molar-refractivity contribution in [2.45, 2.75) is 19.6 Å². The highest BCUT2D eigenvalue weighted by Crippen LogP contribution is 2.27. The summed E-state index contributed by atoms with van der Waals surface area (Å²) in [5, 5.41) is 3.06. The maximum absolute atomic E-state index is 12.1. The number of hydrogen-bond donors (Lipinski definition) is 1. The second-order valence-electron chi connectivity index (χ2n) is 5.31. The first-order chi connectivity index (χ1) is 12.4. The van der Waals surface area contributed by atoms with E-state index in [1.54, 1.807) is 25.3 Å². The summed E-state index contributed by atoms with van der Waals surface area (Å²) in [4.78, 5) is 28.0. The molecule has 7 nitrogen and oxygen atoms in total. The van der Waals surface area contributed by atoms with Gasteiger partial charge in [0.1, 0.15) is 5.69 Å². The SMILES string of the molecule is COc1ccc(CNC(=O)[C@H](C)OC(=O)c2cc(Cl)ccn2)cc1OC. The molecule has 1 amide bonds. The number of nitrogens with one attached hydrogen (secondary N) is 1. The van der Waals surface area contributed by atoms with Gasteiger partial charge in [-0.05, 0) is 36.8 Å². The first kappa shape index (κ1) is 19.5. The zero-order chi connectivity index (χ0) is 19.1. The fourth-order valence-electron chi connectivity index (χ4n) is 2.11. The van der Waals surface area contributed by atoms with Gasteiger partial charge in [0.2, 0.25) is 0 Å². The maximum Gasteiger partial charge on any atom is 0.357 e. The number of carbonyl (C=O) groups excluding carboxylic acids is 2. The number of benzene rings is 1. The molecule has 0 bridgehead atoms. The molecule has 1 atom stereocenters. The first-order valence-corrected chi connectivity index (χ1v) is 8.13. The Kier molecular flexibility index (Phi) is 6.80. The molecule has 0 saturated heterocycles. The lowest BCUT2D eigenvalue weighted by atomic mass is 10.2. The predicted octanol–water partition coefficient (Wildman–Crippen LogP) is 2.61. The van der Waals surface area contributed by atoms with Gasteiger partial charge in [0.15, 0.2) is 17.6 Å². The topological polar surface area (TPSA) is 86.8 Å². The maximum atomic E-state index is 12.1. The number of aromatic nitrogens is 1. The van der Waals surface area contributed by atoms with Crippen molar-refractivity contribution in [3.05, 3.63) is 52.8 Å². The van der Waals surface area contributed by atoms with Crippen molar-refractivity contribution >= 4 is 23.5 Å². The molecule has 1 N–H and O–H groups in total. The average Bonchev–Trinajstić information content (AvgIpc) is 2.65. The third-order valence-electron chi connectivity index (χ3n) is 3.50. The molecule has 0 saturated carbocycles. The summed E-state index contributed by atoms with van der Waals surface area (Å²) >= 11 is 5.81. The van der Waals surface area contributed by atoms with Crippen molar-refractivity contribution in [1.29, 1.82) is 0 Å². The van der Waals surface area contributed by atoms with Crippen molar-refractivity contribution in [2.24, 2.45) is 0 Å². The molecule has 2 rings (SSSR count). The van der Waals surface area contributed by atoms with Gasteiger partial charge in [0.25, 0.3) is 5.91 Å². The van der Waals surface area contributed by atoms with Crippen LogP contribution in [0.15, 0.2) is 36.5 Å². The van der Waals surface area contributed by atoms with Crippen LogP contribution in [0.3, 0.4) is 0 Å². The Morgan fingerprint density at radius 3 is 2.54 bits per heavy atom. The standard InChI is InChI=1S/C18H19ClN2O5/c1-11(26-18(23)14-9-13(19)6-7-20-14)17(22)21-10-12-4-5-15(24-2)16(8-12)25-3/h4-9,11H,10H2,1-3H3,(H,21,22)/t11-/m0/s1. The Balaban J connectivity index is 1.92. The molecule has 2 aromatic rings. The van der Waals surface area contributed by atoms with Gasteiger partial charge >= 0.3 is 5.97 Å². The summed E-state index contributed by atoms with van der Waals surface area (Å²) in [5.41, 5.74) is 0.850. The zero-order valence-electron chi connectivity index (χ0n) is 14.6. The lowest BCUT2D eigenvalue weighted by Gasteiger charge is -2.14. The minimum absolute atomic E-state index is 0.0389. The summed E-state index contributed by atoms with van der Waals surface area (Å²) in [6.07, 6.45) is 0.407. The van der Waals surface area contributed by atoms with Crippen LogP contribution in [0.5, 0.6) is 11.5 Å². The Hall–Kier alpha value is -2.80. The van der Waals surface area contributed by atoms with Gasteiger partial charge in [0, 0.05) is 17.8 Å². The van der Waals surface area contributed by atoms with Crippen molar-refractivity contribution in [1.82, 2.24) is 10.3 Å². The quantitative estimate of drug-likeness (QED) is 0.745. The molecule has 8 heteroatoms. The van der Waals surface area contributed by atoms with Crippen molar-refractivity contribution in [3.63, 3.8) is 0 Å². The van der Waals surface area contributed by atoms with Crippen molar-refractivity contribution < 1.29 is 23.8 Å². The first-order valence-electron chi connectivity index (χ1n) is 7.75. The molecule has 0 unspecified atom stereocenters. The third kappa shape index (κ3) is 5.10. The van der Waals surface area contributed by atoms with E-state index < -0.39 is 18.0 Å². The molecule has 138 valence electrons. The molecule has 0 spiro atoms. The van der Waals surface area contributed by atoms with Crippen LogP contribution in [0.2, 0.25) is 5.02 Å². The number of amides is 1. The summed E-state index contributed by atoms with van der Waals surface area (Å²) < 4.78 is 15.5. The number of rotatable bonds is 7. The number of nitrogens with zero attached hydrogens (tertiary/aromatic N) is 1. The third-order valence-corrected chi connectivity index (χ3v) is 3.73. The molecular formula is C18H19ClN2O5. The number of ether oxygens (including phenoxy) is 3. The smallest absolute Gasteiger partial charge is 0.357 e. The molecule has 0 aliphatic carbocycles. The van der Waals surface area contributed by atoms with E-state index in [1.807, 2.05) is 0 Å². The fourth-order valence-corrected chi connectivity index (χ4v) is 2.27. The highest BCUT2D eigenvalue weighted by Gasteiger charge is 2.19. The fraction of sp³-hybridized carbons (Fsp3) is 0.278. The van der Waals surface area contributed by atoms with E-state index >= 15 is 0 Å². The number of pyridine rings is 1. The molecule has 0 aliphatic rings. The van der Waals surface area contributed by atoms with Crippen LogP contribution in [-0.4, -0.2) is 37.2 Å². The van der Waals surface area contributed by atoms with Gasteiger partial charge in [-0.2, -0.15) is 0 Å². The van der Waals surface area contributed by atoms with Crippen molar-refractivity contribution in [3.8, 4) is 11.5 Å². The van der Waals surface area contributed by atoms with Gasteiger partial charge in [0.05, 0.1) is 14.2 Å². The Morgan fingerprint density at radius 1 is 1.15 bits per heavy atom. The lowest BCUT2D eigenvalue weighted by Crippen LogP contribution is -2.35. The summed E-state index contributed by atoms with van der Waals surface area (Å²) in [6, 6.07) is 8.21. The molecule has 1 aromatic heterocycles. The largest absolute Gasteiger partial charge is 0.493 e. The highest BCUT2D eigenvalue weighted by molar-refractivity contribution is 6.30. The normalized spacial score (nSPS) is 11.4. The van der Waals surface area contributed by atoms with Gasteiger partial charge in [-0.25, -0.2) is 9.78 Å². The Morgan fingerprint density at radius 2 is 1.88 bits per heavy atom. The van der Waals surface area contributed by atoms with Crippen LogP contribution >= 0.6 is 11.6 Å². The van der Waals surface area contributed by atoms with Crippen LogP contribution in [0, 0.1) is 0 Å². The van der Waals surface area contributed by atoms with E-state index in [9.17, 15) is 9.59 Å². The van der Waals surface area contributed by atoms with Crippen molar-refractivity contribution in [2.75, 3.05) is 14.2 Å². The van der Waals surface area contributed by atoms with Gasteiger partial charge < -0.3 is 19.5 Å². The zero-order valence-corrected chi connectivity index (χ0v) is 15.4. The van der Waals surface area contributed by atoms with Gasteiger partial charge in [-0.15, -0.1) is 0 Å². The van der Waals surface area contributed by atoms with Crippen LogP contribution in [-0.2, 0) is 16.1 Å². The average molecular weight is 379 g/mol. The van der Waals surface area contributed by atoms with Crippen LogP contribution in [0.4, 0.5) is 0 Å². The lowest BCUT2D eigenvalue weighted by molar-refractivity contribution is -0.129. The molecule has 1 heterocycles. The number of hydrogen-bond acceptors (Lipinski definition) is 6. The monoisotopic (exact) mass is 378 g/mol. The summed E-state index contributed by atoms with van der Waals surface area (Å²) in [5.74, 6) is 0.00100. The van der Waals surface area contributed by atoms with E-state index in [0.717, 1.165) is 5.56 Å². The summed E-state index contributed by atoms with van der Waals surface area (Å²) in [6.45, 7) is 1.73. The van der Waals surface area contributed by atoms with E-state index in [-0.39, 0.29) is 12.2 Å². The molecular weight excluding hydrogens is 360 g/mol. The number of halogens is 1. The van der Waals surface area contributed by atoms with Crippen LogP contribution in [0.1, 0.15) is 23.0 Å². The molecule has 26 heavy (non-hydrogen) atoms. The van der Waals surface area contributed by atoms with Gasteiger partial charge in [-0.1, -0.05) is 17.7 Å². The Labute approximate surface area is 156 Å². The van der Waals surface area contributed by atoms with Crippen LogP contribution < -0.4 is 14.8 Å². The van der Waals surface area contributed by atoms with E-state index in [0.29, 0.717) is 16.5 Å². The highest BCUT2D eigenvalue weighted by atomic mass is 35.5. The minimum Gasteiger partial charge on any atom is -0.493 e. The second kappa shape index (κ2) is 9.05. The number of esters is 1. The molecule has 0 aliphatic heterocycles. The molecule has 0 radical (unpaired) electrons. The van der Waals surface area contributed by atoms with E-state index in [4.69, 9.17) is 25.8 Å². The predicted molar refractivity (Wildman–Crippen MR) is 95.5 cm³/mol. The second-order valence-corrected chi connectivity index (χ2v) is 5.75. The van der Waals surface area contributed by atoms with Gasteiger partial charge in [-0.3, -0.25) is 4.79 Å². The number of carbonyl (C=O) groups is 2. The molecule has 0 fully saturated rings. The number of methoxy groups -OCH3 is 2. The minimum atomic E-state index is -0.983. The summed E-state index contributed by atoms with van der Waals surface area (Å²) in [7, 11) is 3.08. The van der Waals surface area contributed by atoms with E-state index in [1.165, 1.54) is 32.4 Å². The van der Waals surface area contributed by atoms with Crippen LogP contribution in [0.25, 0.3) is 0 Å². The van der Waals surface area contributed by atoms with E-state index in [2.05, 4.69) is 10.3 Å². The Bertz CT molecular complexity index is 797.